The van der Waals surface area contributed by atoms with Crippen molar-refractivity contribution in [1.82, 2.24) is 10.3 Å². The maximum Gasteiger partial charge on any atom is 0.252 e. The smallest absolute Gasteiger partial charge is 0.252 e. The van der Waals surface area contributed by atoms with Crippen molar-refractivity contribution in [3.63, 3.8) is 0 Å². The number of pyridine rings is 1. The standard InChI is InChI=1S/C20H23N3O3S/c24-20(15-5-6-19(22-13-15)23-9-11-27-12-10-23)21-8-7-16-14-25-17-3-1-2-4-18(17)26-16/h1-6,13,16H,7-12,14H2,(H,21,24)/t16-/m0/s1. The number of amides is 1. The fraction of sp³-hybridized carbons (Fsp3) is 0.400. The van der Waals surface area contributed by atoms with E-state index < -0.39 is 0 Å². The number of para-hydroxylation sites is 2. The number of nitrogens with one attached hydrogen (secondary N) is 1. The molecule has 2 aliphatic heterocycles. The molecule has 0 bridgehead atoms. The zero-order chi connectivity index (χ0) is 18.5. The molecule has 27 heavy (non-hydrogen) atoms. The first-order valence-electron chi connectivity index (χ1n) is 9.25. The minimum absolute atomic E-state index is 0.0577. The third-order valence-corrected chi connectivity index (χ3v) is 5.61. The van der Waals surface area contributed by atoms with Crippen LogP contribution in [0.2, 0.25) is 0 Å². The van der Waals surface area contributed by atoms with Crippen molar-refractivity contribution in [2.45, 2.75) is 12.5 Å². The summed E-state index contributed by atoms with van der Waals surface area (Å²) in [6, 6.07) is 11.4. The van der Waals surface area contributed by atoms with Crippen LogP contribution in [0.4, 0.5) is 5.82 Å². The second-order valence-electron chi connectivity index (χ2n) is 6.55. The molecule has 0 spiro atoms. The van der Waals surface area contributed by atoms with Crippen LogP contribution < -0.4 is 19.7 Å². The van der Waals surface area contributed by atoms with Gasteiger partial charge in [0.1, 0.15) is 18.5 Å². The summed E-state index contributed by atoms with van der Waals surface area (Å²) in [5.41, 5.74) is 0.580. The molecule has 0 unspecified atom stereocenters. The molecular formula is C20H23N3O3S. The lowest BCUT2D eigenvalue weighted by Gasteiger charge is -2.27. The van der Waals surface area contributed by atoms with Crippen molar-refractivity contribution < 1.29 is 14.3 Å². The highest BCUT2D eigenvalue weighted by atomic mass is 32.2. The lowest BCUT2D eigenvalue weighted by molar-refractivity contribution is 0.0812. The van der Waals surface area contributed by atoms with Crippen LogP contribution in [-0.4, -0.2) is 54.7 Å². The largest absolute Gasteiger partial charge is 0.486 e. The van der Waals surface area contributed by atoms with Gasteiger partial charge in [-0.05, 0) is 24.3 Å². The van der Waals surface area contributed by atoms with Crippen LogP contribution in [0.15, 0.2) is 42.6 Å². The van der Waals surface area contributed by atoms with Gasteiger partial charge < -0.3 is 19.7 Å². The number of thioether (sulfide) groups is 1. The second-order valence-corrected chi connectivity index (χ2v) is 7.77. The number of carbonyl (C=O) groups excluding carboxylic acids is 1. The zero-order valence-electron chi connectivity index (χ0n) is 15.1. The van der Waals surface area contributed by atoms with Gasteiger partial charge in [0.2, 0.25) is 0 Å². The van der Waals surface area contributed by atoms with E-state index in [0.717, 1.165) is 41.9 Å². The molecule has 1 N–H and O–H groups in total. The lowest BCUT2D eigenvalue weighted by atomic mass is 10.2. The van der Waals surface area contributed by atoms with E-state index in [9.17, 15) is 4.79 Å². The van der Waals surface area contributed by atoms with E-state index >= 15 is 0 Å². The summed E-state index contributed by atoms with van der Waals surface area (Å²) in [5.74, 6) is 4.62. The van der Waals surface area contributed by atoms with Gasteiger partial charge in [0.15, 0.2) is 11.5 Å². The van der Waals surface area contributed by atoms with Gasteiger partial charge in [-0.2, -0.15) is 11.8 Å². The van der Waals surface area contributed by atoms with Gasteiger partial charge in [-0.15, -0.1) is 0 Å². The number of aromatic nitrogens is 1. The molecule has 7 heteroatoms. The summed E-state index contributed by atoms with van der Waals surface area (Å²) in [6.45, 7) is 3.04. The van der Waals surface area contributed by atoms with Crippen molar-refractivity contribution in [1.29, 1.82) is 0 Å². The van der Waals surface area contributed by atoms with E-state index in [2.05, 4.69) is 15.2 Å². The summed E-state index contributed by atoms with van der Waals surface area (Å²) in [4.78, 5) is 19.1. The Bertz CT molecular complexity index is 778. The minimum Gasteiger partial charge on any atom is -0.486 e. The van der Waals surface area contributed by atoms with E-state index in [-0.39, 0.29) is 12.0 Å². The number of hydrogen-bond acceptors (Lipinski definition) is 6. The normalized spacial score (nSPS) is 18.8. The predicted octanol–water partition coefficient (Wildman–Crippen LogP) is 2.59. The number of rotatable bonds is 5. The van der Waals surface area contributed by atoms with E-state index in [1.807, 2.05) is 48.2 Å². The van der Waals surface area contributed by atoms with Crippen molar-refractivity contribution in [3.05, 3.63) is 48.2 Å². The maximum absolute atomic E-state index is 12.3. The zero-order valence-corrected chi connectivity index (χ0v) is 15.9. The van der Waals surface area contributed by atoms with E-state index in [1.54, 1.807) is 6.20 Å². The highest BCUT2D eigenvalue weighted by Gasteiger charge is 2.20. The molecule has 0 saturated carbocycles. The SMILES string of the molecule is O=C(NCC[C@H]1COc2ccccc2O1)c1ccc(N2CCSCC2)nc1. The Morgan fingerprint density at radius 2 is 2.00 bits per heavy atom. The van der Waals surface area contributed by atoms with Gasteiger partial charge in [0.25, 0.3) is 5.91 Å². The Morgan fingerprint density at radius 1 is 1.19 bits per heavy atom. The van der Waals surface area contributed by atoms with Crippen molar-refractivity contribution in [2.75, 3.05) is 42.6 Å². The fourth-order valence-electron chi connectivity index (χ4n) is 3.15. The Morgan fingerprint density at radius 3 is 2.78 bits per heavy atom. The molecule has 1 aromatic heterocycles. The van der Waals surface area contributed by atoms with Crippen LogP contribution in [0.5, 0.6) is 11.5 Å². The quantitative estimate of drug-likeness (QED) is 0.854. The molecule has 1 atom stereocenters. The second kappa shape index (κ2) is 8.52. The Kier molecular flexibility index (Phi) is 5.67. The molecule has 1 fully saturated rings. The van der Waals surface area contributed by atoms with Gasteiger partial charge >= 0.3 is 0 Å². The molecule has 3 heterocycles. The summed E-state index contributed by atoms with van der Waals surface area (Å²) in [5, 5.41) is 2.94. The van der Waals surface area contributed by atoms with Gasteiger partial charge in [-0.3, -0.25) is 4.79 Å². The Hall–Kier alpha value is -2.41. The number of anilines is 1. The molecule has 4 rings (SSSR count). The third kappa shape index (κ3) is 4.47. The average Bonchev–Trinajstić information content (AvgIpc) is 2.74. The van der Waals surface area contributed by atoms with E-state index in [0.29, 0.717) is 25.1 Å². The van der Waals surface area contributed by atoms with E-state index in [1.165, 1.54) is 0 Å². The van der Waals surface area contributed by atoms with Crippen LogP contribution in [0.25, 0.3) is 0 Å². The van der Waals surface area contributed by atoms with Crippen molar-refractivity contribution in [2.24, 2.45) is 0 Å². The van der Waals surface area contributed by atoms with E-state index in [4.69, 9.17) is 9.47 Å². The fourth-order valence-corrected chi connectivity index (χ4v) is 4.06. The molecule has 0 aliphatic carbocycles. The van der Waals surface area contributed by atoms with Crippen molar-refractivity contribution in [3.8, 4) is 11.5 Å². The number of benzene rings is 1. The van der Waals surface area contributed by atoms with Gasteiger partial charge in [-0.25, -0.2) is 4.98 Å². The molecule has 1 saturated heterocycles. The first kappa shape index (κ1) is 18.0. The first-order chi connectivity index (χ1) is 13.3. The van der Waals surface area contributed by atoms with Crippen LogP contribution >= 0.6 is 11.8 Å². The molecule has 1 amide bonds. The number of nitrogens with zero attached hydrogens (tertiary/aromatic N) is 2. The van der Waals surface area contributed by atoms with Crippen molar-refractivity contribution >= 4 is 23.5 Å². The monoisotopic (exact) mass is 385 g/mol. The first-order valence-corrected chi connectivity index (χ1v) is 10.4. The number of fused-ring (bicyclic) bond motifs is 1. The summed E-state index contributed by atoms with van der Waals surface area (Å²) in [6.07, 6.45) is 2.29. The topological polar surface area (TPSA) is 63.7 Å². The predicted molar refractivity (Wildman–Crippen MR) is 107 cm³/mol. The summed E-state index contributed by atoms with van der Waals surface area (Å²) >= 11 is 1.97. The van der Waals surface area contributed by atoms with Crippen LogP contribution in [0.1, 0.15) is 16.8 Å². The van der Waals surface area contributed by atoms with Gasteiger partial charge in [0.05, 0.1) is 5.56 Å². The Labute approximate surface area is 163 Å². The minimum atomic E-state index is -0.111. The van der Waals surface area contributed by atoms with Crippen LogP contribution in [-0.2, 0) is 0 Å². The highest BCUT2D eigenvalue weighted by Crippen LogP contribution is 2.31. The highest BCUT2D eigenvalue weighted by molar-refractivity contribution is 7.99. The molecule has 0 radical (unpaired) electrons. The number of hydrogen-bond donors (Lipinski definition) is 1. The van der Waals surface area contributed by atoms with Crippen LogP contribution in [0, 0.1) is 0 Å². The molecule has 1 aromatic carbocycles. The lowest BCUT2D eigenvalue weighted by Crippen LogP contribution is -2.34. The molecule has 2 aromatic rings. The van der Waals surface area contributed by atoms with Crippen LogP contribution in [0.3, 0.4) is 0 Å². The average molecular weight is 385 g/mol. The summed E-state index contributed by atoms with van der Waals surface area (Å²) < 4.78 is 11.6. The van der Waals surface area contributed by atoms with Gasteiger partial charge in [0, 0.05) is 43.8 Å². The Balaban J connectivity index is 1.25. The third-order valence-electron chi connectivity index (χ3n) is 4.66. The molecular weight excluding hydrogens is 362 g/mol. The maximum atomic E-state index is 12.3. The molecule has 142 valence electrons. The summed E-state index contributed by atoms with van der Waals surface area (Å²) in [7, 11) is 0. The molecule has 6 nitrogen and oxygen atoms in total. The number of ether oxygens (including phenoxy) is 2. The van der Waals surface area contributed by atoms with Gasteiger partial charge in [-0.1, -0.05) is 12.1 Å². The number of carbonyl (C=O) groups is 1. The molecule has 2 aliphatic rings.